The number of cyclic esters (lactones) is 4. The second-order valence-electron chi connectivity index (χ2n) is 9.48. The van der Waals surface area contributed by atoms with Crippen molar-refractivity contribution in [2.75, 3.05) is 52.9 Å². The molecule has 0 amide bonds. The molecular weight excluding hydrogens is 468 g/mol. The zero-order valence-electron chi connectivity index (χ0n) is 20.2. The zero-order valence-corrected chi connectivity index (χ0v) is 20.2. The maximum Gasteiger partial charge on any atom is 0.509 e. The average molecular weight is 503 g/mol. The summed E-state index contributed by atoms with van der Waals surface area (Å²) in [6.07, 6.45) is 2.61. The molecule has 0 aliphatic carbocycles. The van der Waals surface area contributed by atoms with Crippen LogP contribution in [0.15, 0.2) is 0 Å². The number of rotatable bonds is 6. The second kappa shape index (κ2) is 12.4. The van der Waals surface area contributed by atoms with Gasteiger partial charge in [-0.2, -0.15) is 0 Å². The van der Waals surface area contributed by atoms with E-state index in [0.29, 0.717) is 26.2 Å². The lowest BCUT2D eigenvalue weighted by atomic mass is 9.92. The largest absolute Gasteiger partial charge is 0.509 e. The summed E-state index contributed by atoms with van der Waals surface area (Å²) in [7, 11) is 0. The van der Waals surface area contributed by atoms with E-state index in [2.05, 4.69) is 4.74 Å². The topological polar surface area (TPSA) is 142 Å². The Bertz CT molecular complexity index is 746. The summed E-state index contributed by atoms with van der Waals surface area (Å²) >= 11 is 0. The third kappa shape index (κ3) is 7.96. The maximum absolute atomic E-state index is 11.9. The number of esters is 2. The van der Waals surface area contributed by atoms with E-state index in [-0.39, 0.29) is 44.4 Å². The number of hydrogen-bond acceptors (Lipinski definition) is 12. The van der Waals surface area contributed by atoms with Crippen molar-refractivity contribution in [3.05, 3.63) is 0 Å². The highest BCUT2D eigenvalue weighted by atomic mass is 16.8. The summed E-state index contributed by atoms with van der Waals surface area (Å²) in [4.78, 5) is 45.5. The van der Waals surface area contributed by atoms with Crippen molar-refractivity contribution >= 4 is 24.2 Å². The Morgan fingerprint density at radius 3 is 2.23 bits per heavy atom. The summed E-state index contributed by atoms with van der Waals surface area (Å²) in [6, 6.07) is 0. The van der Waals surface area contributed by atoms with Gasteiger partial charge in [-0.3, -0.25) is 4.79 Å². The van der Waals surface area contributed by atoms with Crippen molar-refractivity contribution in [3.8, 4) is 0 Å². The van der Waals surface area contributed by atoms with E-state index in [1.54, 1.807) is 6.92 Å². The van der Waals surface area contributed by atoms with E-state index < -0.39 is 29.3 Å². The predicted molar refractivity (Wildman–Crippen MR) is 115 cm³/mol. The Kier molecular flexibility index (Phi) is 9.55. The molecule has 12 nitrogen and oxygen atoms in total. The Hall–Kier alpha value is -2.60. The van der Waals surface area contributed by atoms with Crippen LogP contribution in [0.3, 0.4) is 0 Å². The first-order chi connectivity index (χ1) is 16.7. The summed E-state index contributed by atoms with van der Waals surface area (Å²) < 4.78 is 40.0. The number of ether oxygens (including phenoxy) is 8. The van der Waals surface area contributed by atoms with Crippen LogP contribution in [-0.4, -0.2) is 88.8 Å². The van der Waals surface area contributed by atoms with Gasteiger partial charge in [-0.25, -0.2) is 14.4 Å². The highest BCUT2D eigenvalue weighted by Crippen LogP contribution is 2.25. The molecule has 198 valence electrons. The molecule has 0 aromatic heterocycles. The molecule has 0 spiro atoms. The molecule has 4 fully saturated rings. The van der Waals surface area contributed by atoms with Gasteiger partial charge in [0.25, 0.3) is 0 Å². The molecule has 4 rings (SSSR count). The Labute approximate surface area is 203 Å². The van der Waals surface area contributed by atoms with Gasteiger partial charge in [0.1, 0.15) is 25.2 Å². The van der Waals surface area contributed by atoms with E-state index in [4.69, 9.17) is 33.2 Å². The van der Waals surface area contributed by atoms with E-state index in [0.717, 1.165) is 32.3 Å². The lowest BCUT2D eigenvalue weighted by Gasteiger charge is -2.30. The molecule has 12 heteroatoms. The minimum absolute atomic E-state index is 0.00579. The van der Waals surface area contributed by atoms with Crippen molar-refractivity contribution < 1.29 is 57.1 Å². The minimum Gasteiger partial charge on any atom is -0.465 e. The molecular formula is C23H34O12. The van der Waals surface area contributed by atoms with Crippen LogP contribution in [0.5, 0.6) is 0 Å². The Morgan fingerprint density at radius 1 is 0.886 bits per heavy atom. The van der Waals surface area contributed by atoms with Gasteiger partial charge in [-0.05, 0) is 39.5 Å². The third-order valence-electron chi connectivity index (χ3n) is 6.18. The molecule has 0 N–H and O–H groups in total. The molecule has 4 aliphatic heterocycles. The van der Waals surface area contributed by atoms with Crippen LogP contribution in [0.4, 0.5) is 9.59 Å². The summed E-state index contributed by atoms with van der Waals surface area (Å²) in [5.41, 5.74) is -2.13. The average Bonchev–Trinajstić information content (AvgIpc) is 3.37. The molecule has 0 bridgehead atoms. The summed E-state index contributed by atoms with van der Waals surface area (Å²) in [5.74, 6) is -0.663. The molecule has 3 unspecified atom stereocenters. The van der Waals surface area contributed by atoms with Gasteiger partial charge in [-0.1, -0.05) is 0 Å². The standard InChI is InChI=1S/C12H18O6.C11H16O6/c1-12(7-17-11(14)18-8-12)10(13)16-6-9-3-2-4-15-5-9;1-11(4-6-15-10(13)17-11)9(12)16-7-8-3-2-5-14-8/h9H,2-8H2,1H3;8H,2-7H2,1H3. The fourth-order valence-electron chi connectivity index (χ4n) is 3.78. The number of carbonyl (C=O) groups is 4. The van der Waals surface area contributed by atoms with Crippen molar-refractivity contribution in [1.29, 1.82) is 0 Å². The lowest BCUT2D eigenvalue weighted by molar-refractivity contribution is -0.176. The SMILES string of the molecule is CC1(C(=O)OCC2CCCO2)CCOC(=O)O1.CC1(C(=O)OCC2CCCOC2)COC(=O)OC1. The van der Waals surface area contributed by atoms with Gasteiger partial charge >= 0.3 is 24.2 Å². The van der Waals surface area contributed by atoms with Crippen molar-refractivity contribution in [2.45, 2.75) is 57.7 Å². The number of carbonyl (C=O) groups excluding carboxylic acids is 4. The first-order valence-corrected chi connectivity index (χ1v) is 11.9. The second-order valence-corrected chi connectivity index (χ2v) is 9.48. The molecule has 0 aromatic carbocycles. The lowest BCUT2D eigenvalue weighted by Crippen LogP contribution is -2.46. The maximum atomic E-state index is 11.9. The van der Waals surface area contributed by atoms with E-state index >= 15 is 0 Å². The monoisotopic (exact) mass is 502 g/mol. The van der Waals surface area contributed by atoms with Crippen molar-refractivity contribution in [1.82, 2.24) is 0 Å². The first kappa shape index (κ1) is 27.0. The van der Waals surface area contributed by atoms with Gasteiger partial charge in [-0.15, -0.1) is 0 Å². The van der Waals surface area contributed by atoms with Crippen LogP contribution in [0.2, 0.25) is 0 Å². The van der Waals surface area contributed by atoms with Crippen LogP contribution in [0.1, 0.15) is 46.0 Å². The normalized spacial score (nSPS) is 29.8. The molecule has 0 radical (unpaired) electrons. The van der Waals surface area contributed by atoms with Gasteiger partial charge in [0, 0.05) is 25.6 Å². The fourth-order valence-corrected chi connectivity index (χ4v) is 3.78. The Morgan fingerprint density at radius 2 is 1.60 bits per heavy atom. The number of hydrogen-bond donors (Lipinski definition) is 0. The van der Waals surface area contributed by atoms with Crippen LogP contribution in [0, 0.1) is 11.3 Å². The molecule has 4 aliphatic rings. The molecule has 35 heavy (non-hydrogen) atoms. The summed E-state index contributed by atoms with van der Waals surface area (Å²) in [5, 5.41) is 0. The quantitative estimate of drug-likeness (QED) is 0.388. The first-order valence-electron chi connectivity index (χ1n) is 11.9. The Balaban J connectivity index is 0.000000196. The van der Waals surface area contributed by atoms with Gasteiger partial charge in [0.15, 0.2) is 0 Å². The van der Waals surface area contributed by atoms with Gasteiger partial charge < -0.3 is 37.9 Å². The molecule has 4 saturated heterocycles. The highest BCUT2D eigenvalue weighted by molar-refractivity contribution is 5.82. The fraction of sp³-hybridized carbons (Fsp3) is 0.826. The molecule has 3 atom stereocenters. The predicted octanol–water partition coefficient (Wildman–Crippen LogP) is 2.15. The molecule has 0 saturated carbocycles. The van der Waals surface area contributed by atoms with E-state index in [1.165, 1.54) is 6.92 Å². The smallest absolute Gasteiger partial charge is 0.465 e. The summed E-state index contributed by atoms with van der Waals surface area (Å²) in [6.45, 7) is 6.07. The van der Waals surface area contributed by atoms with Gasteiger partial charge in [0.05, 0.1) is 25.9 Å². The zero-order chi connectivity index (χ0) is 25.3. The van der Waals surface area contributed by atoms with Crippen LogP contribution >= 0.6 is 0 Å². The van der Waals surface area contributed by atoms with Crippen LogP contribution < -0.4 is 0 Å². The minimum atomic E-state index is -1.23. The molecule has 0 aromatic rings. The molecule has 4 heterocycles. The van der Waals surface area contributed by atoms with E-state index in [1.807, 2.05) is 0 Å². The highest BCUT2D eigenvalue weighted by Gasteiger charge is 2.43. The van der Waals surface area contributed by atoms with E-state index in [9.17, 15) is 19.2 Å². The van der Waals surface area contributed by atoms with Gasteiger partial charge in [0.2, 0.25) is 5.60 Å². The van der Waals surface area contributed by atoms with Crippen LogP contribution in [0.25, 0.3) is 0 Å². The van der Waals surface area contributed by atoms with Crippen molar-refractivity contribution in [2.24, 2.45) is 11.3 Å². The van der Waals surface area contributed by atoms with Crippen LogP contribution in [-0.2, 0) is 47.5 Å². The third-order valence-corrected chi connectivity index (χ3v) is 6.18. The van der Waals surface area contributed by atoms with Crippen molar-refractivity contribution in [3.63, 3.8) is 0 Å².